The van der Waals surface area contributed by atoms with Gasteiger partial charge in [-0.15, -0.1) is 0 Å². The minimum absolute atomic E-state index is 0.119. The van der Waals surface area contributed by atoms with Gasteiger partial charge in [0.2, 0.25) is 10.0 Å². The minimum atomic E-state index is -3.23. The molecule has 1 aliphatic heterocycles. The Morgan fingerprint density at radius 2 is 1.97 bits per heavy atom. The van der Waals surface area contributed by atoms with E-state index >= 15 is 0 Å². The Labute approximate surface area is 177 Å². The summed E-state index contributed by atoms with van der Waals surface area (Å²) in [5, 5.41) is 11.5. The highest BCUT2D eigenvalue weighted by molar-refractivity contribution is 7.88. The fourth-order valence-electron chi connectivity index (χ4n) is 7.77. The number of imidazole rings is 1. The summed E-state index contributed by atoms with van der Waals surface area (Å²) in [5.74, 6) is 1.65. The van der Waals surface area contributed by atoms with Crippen molar-refractivity contribution < 1.29 is 13.5 Å². The van der Waals surface area contributed by atoms with Gasteiger partial charge in [-0.2, -0.15) is 0 Å². The molecular formula is C23H29N3O3S. The van der Waals surface area contributed by atoms with Gasteiger partial charge < -0.3 is 9.67 Å². The topological polar surface area (TPSA) is 84.2 Å². The summed E-state index contributed by atoms with van der Waals surface area (Å²) < 4.78 is 29.2. The van der Waals surface area contributed by atoms with Crippen LogP contribution in [0.3, 0.4) is 0 Å². The highest BCUT2D eigenvalue weighted by Crippen LogP contribution is 2.60. The first-order valence-electron chi connectivity index (χ1n) is 11.1. The highest BCUT2D eigenvalue weighted by atomic mass is 32.2. The number of aliphatic hydroxyl groups is 1. The number of benzene rings is 1. The molecule has 4 unspecified atom stereocenters. The molecule has 4 aliphatic carbocycles. The summed E-state index contributed by atoms with van der Waals surface area (Å²) in [5.41, 5.74) is 3.34. The number of aliphatic hydroxyl groups excluding tert-OH is 1. The van der Waals surface area contributed by atoms with Crippen LogP contribution in [0.4, 0.5) is 0 Å². The molecule has 5 aliphatic rings. The first-order chi connectivity index (χ1) is 14.3. The number of aromatic nitrogens is 2. The van der Waals surface area contributed by atoms with Crippen LogP contribution in [0.1, 0.15) is 50.1 Å². The zero-order chi connectivity index (χ0) is 20.7. The van der Waals surface area contributed by atoms with Crippen molar-refractivity contribution in [3.63, 3.8) is 0 Å². The SMILES string of the molecule is CS(=O)(=O)NC12CC3CC(C1)C(C(O)CC1c4ccccc4-c4cncn41)C(C3)C2. The van der Waals surface area contributed by atoms with Crippen molar-refractivity contribution in [3.05, 3.63) is 42.4 Å². The van der Waals surface area contributed by atoms with Crippen molar-refractivity contribution in [2.24, 2.45) is 23.7 Å². The van der Waals surface area contributed by atoms with E-state index in [1.165, 1.54) is 17.4 Å². The van der Waals surface area contributed by atoms with Crippen LogP contribution < -0.4 is 4.72 Å². The molecule has 4 saturated carbocycles. The number of hydrogen-bond acceptors (Lipinski definition) is 4. The average molecular weight is 428 g/mol. The number of nitrogens with zero attached hydrogens (tertiary/aromatic N) is 2. The van der Waals surface area contributed by atoms with Gasteiger partial charge in [0, 0.05) is 11.1 Å². The Hall–Kier alpha value is -1.70. The van der Waals surface area contributed by atoms with Gasteiger partial charge in [0.15, 0.2) is 0 Å². The number of fused-ring (bicyclic) bond motifs is 3. The van der Waals surface area contributed by atoms with E-state index in [4.69, 9.17) is 0 Å². The lowest BCUT2D eigenvalue weighted by Gasteiger charge is -2.61. The third kappa shape index (κ3) is 2.89. The number of nitrogens with one attached hydrogen (secondary N) is 1. The zero-order valence-electron chi connectivity index (χ0n) is 17.2. The molecule has 0 spiro atoms. The van der Waals surface area contributed by atoms with E-state index < -0.39 is 10.0 Å². The molecule has 4 fully saturated rings. The van der Waals surface area contributed by atoms with E-state index in [9.17, 15) is 13.5 Å². The Morgan fingerprint density at radius 1 is 1.23 bits per heavy atom. The second-order valence-electron chi connectivity index (χ2n) is 10.3. The van der Waals surface area contributed by atoms with E-state index in [0.29, 0.717) is 24.2 Å². The van der Waals surface area contributed by atoms with Crippen LogP contribution in [0.5, 0.6) is 0 Å². The van der Waals surface area contributed by atoms with E-state index in [1.807, 2.05) is 12.5 Å². The van der Waals surface area contributed by atoms with Crippen molar-refractivity contribution in [3.8, 4) is 11.3 Å². The Morgan fingerprint density at radius 3 is 2.70 bits per heavy atom. The first-order valence-corrected chi connectivity index (χ1v) is 13.0. The zero-order valence-corrected chi connectivity index (χ0v) is 18.1. The molecule has 1 aromatic carbocycles. The maximum absolute atomic E-state index is 12.0. The molecule has 7 heteroatoms. The summed E-state index contributed by atoms with van der Waals surface area (Å²) in [4.78, 5) is 4.35. The molecule has 30 heavy (non-hydrogen) atoms. The molecule has 2 heterocycles. The number of hydrogen-bond donors (Lipinski definition) is 2. The largest absolute Gasteiger partial charge is 0.393 e. The predicted octanol–water partition coefficient (Wildman–Crippen LogP) is 2.95. The molecule has 0 amide bonds. The highest BCUT2D eigenvalue weighted by Gasteiger charge is 2.57. The van der Waals surface area contributed by atoms with Crippen molar-refractivity contribution in [2.45, 2.75) is 56.2 Å². The molecule has 4 bridgehead atoms. The van der Waals surface area contributed by atoms with Crippen LogP contribution in [0, 0.1) is 23.7 Å². The van der Waals surface area contributed by atoms with Crippen LogP contribution in [0.25, 0.3) is 11.3 Å². The lowest BCUT2D eigenvalue weighted by Crippen LogP contribution is -2.63. The van der Waals surface area contributed by atoms with Gasteiger partial charge in [0.05, 0.1) is 36.6 Å². The molecule has 2 aromatic rings. The van der Waals surface area contributed by atoms with Gasteiger partial charge >= 0.3 is 0 Å². The van der Waals surface area contributed by atoms with Crippen LogP contribution in [-0.2, 0) is 10.0 Å². The molecule has 7 rings (SSSR count). The maximum atomic E-state index is 12.0. The quantitative estimate of drug-likeness (QED) is 0.768. The van der Waals surface area contributed by atoms with Gasteiger partial charge in [-0.05, 0) is 67.8 Å². The molecular weight excluding hydrogens is 398 g/mol. The average Bonchev–Trinajstić information content (AvgIpc) is 3.22. The smallest absolute Gasteiger partial charge is 0.209 e. The van der Waals surface area contributed by atoms with Crippen molar-refractivity contribution >= 4 is 10.0 Å². The van der Waals surface area contributed by atoms with Gasteiger partial charge in [-0.25, -0.2) is 18.1 Å². The number of sulfonamides is 1. The molecule has 0 radical (unpaired) electrons. The molecule has 1 aromatic heterocycles. The lowest BCUT2D eigenvalue weighted by molar-refractivity contribution is -0.106. The first kappa shape index (κ1) is 19.0. The van der Waals surface area contributed by atoms with Gasteiger partial charge in [0.25, 0.3) is 0 Å². The van der Waals surface area contributed by atoms with Crippen LogP contribution in [0.2, 0.25) is 0 Å². The van der Waals surface area contributed by atoms with Crippen LogP contribution in [0.15, 0.2) is 36.8 Å². The number of rotatable bonds is 5. The van der Waals surface area contributed by atoms with E-state index in [-0.39, 0.29) is 23.6 Å². The fraction of sp³-hybridized carbons (Fsp3) is 0.609. The molecule has 0 saturated heterocycles. The van der Waals surface area contributed by atoms with Crippen molar-refractivity contribution in [1.29, 1.82) is 0 Å². The third-order valence-corrected chi connectivity index (χ3v) is 9.06. The Bertz CT molecular complexity index is 1080. The van der Waals surface area contributed by atoms with Gasteiger partial charge in [-0.1, -0.05) is 24.3 Å². The summed E-state index contributed by atoms with van der Waals surface area (Å²) in [6.45, 7) is 0. The molecule has 2 N–H and O–H groups in total. The van der Waals surface area contributed by atoms with Crippen molar-refractivity contribution in [2.75, 3.05) is 6.26 Å². The Balaban J connectivity index is 1.26. The summed E-state index contributed by atoms with van der Waals surface area (Å²) in [6.07, 6.45) is 10.3. The monoisotopic (exact) mass is 427 g/mol. The Kier molecular flexibility index (Phi) is 4.06. The maximum Gasteiger partial charge on any atom is 0.209 e. The van der Waals surface area contributed by atoms with E-state index in [1.54, 1.807) is 0 Å². The second-order valence-corrected chi connectivity index (χ2v) is 12.0. The standard InChI is InChI=1S/C23H29N3O3S/c1-30(28,29)25-23-9-14-6-15(10-23)22(16(7-14)11-23)21(27)8-19-17-4-2-3-5-18(17)20-12-24-13-26(19)20/h2-5,12-16,19,21-22,25,27H,6-11H2,1H3. The van der Waals surface area contributed by atoms with E-state index in [0.717, 1.165) is 37.8 Å². The van der Waals surface area contributed by atoms with Gasteiger partial charge in [0.1, 0.15) is 0 Å². The summed E-state index contributed by atoms with van der Waals surface area (Å²) in [7, 11) is -3.23. The van der Waals surface area contributed by atoms with Crippen LogP contribution >= 0.6 is 0 Å². The minimum Gasteiger partial charge on any atom is -0.393 e. The van der Waals surface area contributed by atoms with Crippen LogP contribution in [-0.4, -0.2) is 41.0 Å². The third-order valence-electron chi connectivity index (χ3n) is 8.25. The molecule has 6 nitrogen and oxygen atoms in total. The van der Waals surface area contributed by atoms with E-state index in [2.05, 4.69) is 38.5 Å². The second kappa shape index (κ2) is 6.40. The summed E-state index contributed by atoms with van der Waals surface area (Å²) in [6, 6.07) is 8.55. The fourth-order valence-corrected chi connectivity index (χ4v) is 8.81. The molecule has 160 valence electrons. The predicted molar refractivity (Wildman–Crippen MR) is 114 cm³/mol. The molecule has 4 atom stereocenters. The summed E-state index contributed by atoms with van der Waals surface area (Å²) >= 11 is 0. The van der Waals surface area contributed by atoms with Gasteiger partial charge in [-0.3, -0.25) is 0 Å². The van der Waals surface area contributed by atoms with Crippen molar-refractivity contribution in [1.82, 2.24) is 14.3 Å². The normalized spacial score (nSPS) is 37.2. The lowest BCUT2D eigenvalue weighted by atomic mass is 9.48.